The van der Waals surface area contributed by atoms with Gasteiger partial charge in [-0.3, -0.25) is 9.78 Å². The van der Waals surface area contributed by atoms with Crippen LogP contribution in [-0.4, -0.2) is 79.7 Å². The van der Waals surface area contributed by atoms with E-state index in [2.05, 4.69) is 14.8 Å². The molecule has 2 aliphatic rings. The second-order valence-corrected chi connectivity index (χ2v) is 7.75. The highest BCUT2D eigenvalue weighted by Gasteiger charge is 2.39. The molecule has 1 saturated carbocycles. The van der Waals surface area contributed by atoms with E-state index < -0.39 is 0 Å². The van der Waals surface area contributed by atoms with Gasteiger partial charge in [0.1, 0.15) is 5.69 Å². The molecule has 1 aliphatic heterocycles. The molecule has 0 aromatic carbocycles. The Morgan fingerprint density at radius 2 is 2.08 bits per heavy atom. The molecule has 1 spiro atoms. The minimum atomic E-state index is 0.0139. The smallest absolute Gasteiger partial charge is 0.272 e. The van der Waals surface area contributed by atoms with Crippen LogP contribution in [0, 0.1) is 0 Å². The third-order valence-electron chi connectivity index (χ3n) is 5.58. The molecular weight excluding hydrogens is 328 g/mol. The topological polar surface area (TPSA) is 48.9 Å². The Morgan fingerprint density at radius 1 is 1.31 bits per heavy atom. The molecule has 0 unspecified atom stereocenters. The first-order chi connectivity index (χ1) is 12.5. The molecule has 1 aromatic rings. The molecule has 1 amide bonds. The van der Waals surface area contributed by atoms with Crippen LogP contribution in [0.5, 0.6) is 0 Å². The van der Waals surface area contributed by atoms with Gasteiger partial charge < -0.3 is 19.4 Å². The number of carbonyl (C=O) groups excluding carboxylic acids is 1. The van der Waals surface area contributed by atoms with Crippen molar-refractivity contribution in [1.82, 2.24) is 14.8 Å². The lowest BCUT2D eigenvalue weighted by molar-refractivity contribution is -0.0501. The molecule has 3 rings (SSSR count). The largest absolute Gasteiger partial charge is 0.371 e. The number of carbonyl (C=O) groups is 1. The number of morpholine rings is 1. The van der Waals surface area contributed by atoms with Crippen LogP contribution in [0.2, 0.25) is 0 Å². The first-order valence-corrected chi connectivity index (χ1v) is 9.82. The summed E-state index contributed by atoms with van der Waals surface area (Å²) in [6, 6.07) is 3.97. The van der Waals surface area contributed by atoms with Gasteiger partial charge in [-0.05, 0) is 46.0 Å². The Morgan fingerprint density at radius 3 is 2.77 bits per heavy atom. The molecule has 6 heteroatoms. The van der Waals surface area contributed by atoms with Crippen molar-refractivity contribution >= 4 is 11.6 Å². The zero-order valence-electron chi connectivity index (χ0n) is 16.4. The summed E-state index contributed by atoms with van der Waals surface area (Å²) in [6.45, 7) is 6.83. The van der Waals surface area contributed by atoms with Crippen LogP contribution in [0.1, 0.15) is 43.1 Å². The summed E-state index contributed by atoms with van der Waals surface area (Å²) in [6.07, 6.45) is 6.57. The van der Waals surface area contributed by atoms with E-state index in [1.807, 2.05) is 38.1 Å². The van der Waals surface area contributed by atoms with Crippen molar-refractivity contribution in [3.8, 4) is 0 Å². The number of likely N-dealkylation sites (N-methyl/N-ethyl adjacent to an activating group) is 2. The van der Waals surface area contributed by atoms with Crippen LogP contribution in [0.15, 0.2) is 18.3 Å². The maximum absolute atomic E-state index is 12.9. The fraction of sp³-hybridized carbons (Fsp3) is 0.700. The van der Waals surface area contributed by atoms with Crippen LogP contribution in [0.3, 0.4) is 0 Å². The van der Waals surface area contributed by atoms with Gasteiger partial charge in [0.05, 0.1) is 12.2 Å². The number of ether oxygens (including phenoxy) is 1. The van der Waals surface area contributed by atoms with E-state index in [-0.39, 0.29) is 11.5 Å². The van der Waals surface area contributed by atoms with E-state index >= 15 is 0 Å². The molecule has 2 heterocycles. The molecule has 26 heavy (non-hydrogen) atoms. The predicted molar refractivity (Wildman–Crippen MR) is 104 cm³/mol. The Labute approximate surface area is 157 Å². The molecule has 6 nitrogen and oxygen atoms in total. The van der Waals surface area contributed by atoms with Gasteiger partial charge in [-0.15, -0.1) is 0 Å². The number of aromatic nitrogens is 1. The summed E-state index contributed by atoms with van der Waals surface area (Å²) in [5.41, 5.74) is 1.64. The number of amides is 1. The Bertz CT molecular complexity index is 614. The predicted octanol–water partition coefficient (Wildman–Crippen LogP) is 2.25. The molecule has 0 bridgehead atoms. The molecule has 2 fully saturated rings. The van der Waals surface area contributed by atoms with E-state index in [1.165, 1.54) is 12.8 Å². The quantitative estimate of drug-likeness (QED) is 0.779. The summed E-state index contributed by atoms with van der Waals surface area (Å²) in [7, 11) is 4.04. The fourth-order valence-corrected chi connectivity index (χ4v) is 4.01. The minimum Gasteiger partial charge on any atom is -0.371 e. The number of hydrogen-bond acceptors (Lipinski definition) is 5. The first kappa shape index (κ1) is 19.1. The highest BCUT2D eigenvalue weighted by Crippen LogP contribution is 2.37. The van der Waals surface area contributed by atoms with Gasteiger partial charge in [0.15, 0.2) is 0 Å². The van der Waals surface area contributed by atoms with Gasteiger partial charge in [0.25, 0.3) is 5.91 Å². The number of pyridine rings is 1. The molecule has 0 atom stereocenters. The van der Waals surface area contributed by atoms with Gasteiger partial charge in [-0.1, -0.05) is 12.8 Å². The van der Waals surface area contributed by atoms with Crippen molar-refractivity contribution in [2.75, 3.05) is 58.3 Å². The SMILES string of the molecule is CCN(CCN(C)C)C(=O)c1cc(N2CCOC3(CCCC3)C2)ccn1. The van der Waals surface area contributed by atoms with Crippen LogP contribution < -0.4 is 4.90 Å². The standard InChI is InChI=1S/C20H32N4O2/c1-4-23(12-11-22(2)3)19(25)18-15-17(7-10-21-18)24-13-14-26-20(16-24)8-5-6-9-20/h7,10,15H,4-6,8-9,11-14,16H2,1-3H3. The van der Waals surface area contributed by atoms with Crippen LogP contribution in [0.25, 0.3) is 0 Å². The Balaban J connectivity index is 1.72. The second-order valence-electron chi connectivity index (χ2n) is 7.75. The number of nitrogens with zero attached hydrogens (tertiary/aromatic N) is 4. The average Bonchev–Trinajstić information content (AvgIpc) is 3.09. The monoisotopic (exact) mass is 360 g/mol. The van der Waals surface area contributed by atoms with Crippen molar-refractivity contribution in [2.45, 2.75) is 38.2 Å². The van der Waals surface area contributed by atoms with Crippen LogP contribution in [0.4, 0.5) is 5.69 Å². The second kappa shape index (κ2) is 8.35. The molecule has 0 N–H and O–H groups in total. The third kappa shape index (κ3) is 4.35. The zero-order chi connectivity index (χ0) is 18.6. The lowest BCUT2D eigenvalue weighted by Crippen LogP contribution is -2.50. The molecule has 1 aliphatic carbocycles. The summed E-state index contributed by atoms with van der Waals surface area (Å²) in [4.78, 5) is 23.6. The van der Waals surface area contributed by atoms with E-state index in [1.54, 1.807) is 6.20 Å². The molecular formula is C20H32N4O2. The number of hydrogen-bond donors (Lipinski definition) is 0. The van der Waals surface area contributed by atoms with Gasteiger partial charge in [0.2, 0.25) is 0 Å². The van der Waals surface area contributed by atoms with Crippen molar-refractivity contribution in [3.63, 3.8) is 0 Å². The van der Waals surface area contributed by atoms with Gasteiger partial charge in [-0.2, -0.15) is 0 Å². The summed E-state index contributed by atoms with van der Waals surface area (Å²) in [5, 5.41) is 0. The van der Waals surface area contributed by atoms with Gasteiger partial charge >= 0.3 is 0 Å². The minimum absolute atomic E-state index is 0.0139. The highest BCUT2D eigenvalue weighted by atomic mass is 16.5. The maximum Gasteiger partial charge on any atom is 0.272 e. The van der Waals surface area contributed by atoms with Gasteiger partial charge in [0, 0.05) is 44.6 Å². The highest BCUT2D eigenvalue weighted by molar-refractivity contribution is 5.93. The van der Waals surface area contributed by atoms with Crippen molar-refractivity contribution < 1.29 is 9.53 Å². The fourth-order valence-electron chi connectivity index (χ4n) is 4.01. The maximum atomic E-state index is 12.9. The lowest BCUT2D eigenvalue weighted by atomic mass is 9.99. The summed E-state index contributed by atoms with van der Waals surface area (Å²) >= 11 is 0. The third-order valence-corrected chi connectivity index (χ3v) is 5.58. The van der Waals surface area contributed by atoms with Crippen molar-refractivity contribution in [3.05, 3.63) is 24.0 Å². The van der Waals surface area contributed by atoms with Crippen LogP contribution >= 0.6 is 0 Å². The molecule has 144 valence electrons. The van der Waals surface area contributed by atoms with Crippen molar-refractivity contribution in [1.29, 1.82) is 0 Å². The van der Waals surface area contributed by atoms with E-state index in [0.717, 1.165) is 51.3 Å². The average molecular weight is 361 g/mol. The Kier molecular flexibility index (Phi) is 6.14. The molecule has 1 aromatic heterocycles. The van der Waals surface area contributed by atoms with E-state index in [9.17, 15) is 4.79 Å². The van der Waals surface area contributed by atoms with Crippen LogP contribution in [-0.2, 0) is 4.74 Å². The Hall–Kier alpha value is -1.66. The van der Waals surface area contributed by atoms with Gasteiger partial charge in [-0.25, -0.2) is 0 Å². The zero-order valence-corrected chi connectivity index (χ0v) is 16.4. The molecule has 0 radical (unpaired) electrons. The number of rotatable bonds is 6. The normalized spacial score (nSPS) is 19.3. The summed E-state index contributed by atoms with van der Waals surface area (Å²) in [5.74, 6) is 0.0139. The van der Waals surface area contributed by atoms with Crippen molar-refractivity contribution in [2.24, 2.45) is 0 Å². The molecule has 1 saturated heterocycles. The number of anilines is 1. The lowest BCUT2D eigenvalue weighted by Gasteiger charge is -2.41. The summed E-state index contributed by atoms with van der Waals surface area (Å²) < 4.78 is 6.13. The first-order valence-electron chi connectivity index (χ1n) is 9.82. The van der Waals surface area contributed by atoms with E-state index in [4.69, 9.17) is 4.74 Å². The van der Waals surface area contributed by atoms with E-state index in [0.29, 0.717) is 12.2 Å².